The first-order valence-corrected chi connectivity index (χ1v) is 7.74. The van der Waals surface area contributed by atoms with E-state index in [1.165, 1.54) is 25.1 Å². The molecule has 2 heterocycles. The van der Waals surface area contributed by atoms with Crippen molar-refractivity contribution in [3.8, 4) is 0 Å². The molecule has 2 N–H and O–H groups in total. The minimum absolute atomic E-state index is 0.729. The van der Waals surface area contributed by atoms with Crippen molar-refractivity contribution in [2.24, 2.45) is 5.92 Å². The highest BCUT2D eigenvalue weighted by Gasteiger charge is 2.20. The Labute approximate surface area is 122 Å². The van der Waals surface area contributed by atoms with Gasteiger partial charge in [0.05, 0.1) is 0 Å². The lowest BCUT2D eigenvalue weighted by atomic mass is 10.1. The van der Waals surface area contributed by atoms with E-state index in [0.717, 1.165) is 43.5 Å². The Kier molecular flexibility index (Phi) is 5.59. The number of aromatic nitrogens is 2. The highest BCUT2D eigenvalue weighted by Crippen LogP contribution is 2.23. The van der Waals surface area contributed by atoms with Crippen LogP contribution in [0.5, 0.6) is 0 Å². The first-order valence-electron chi connectivity index (χ1n) is 7.74. The number of anilines is 2. The first kappa shape index (κ1) is 15.0. The minimum Gasteiger partial charge on any atom is -0.370 e. The SMILES string of the molecule is CCCc1c(NCC)ncnc1NCC1CCN(C)C1. The molecule has 0 radical (unpaired) electrons. The predicted octanol–water partition coefficient (Wildman–Crippen LogP) is 2.22. The Morgan fingerprint density at radius 2 is 2.00 bits per heavy atom. The molecule has 5 nitrogen and oxygen atoms in total. The lowest BCUT2D eigenvalue weighted by Gasteiger charge is -2.16. The molecule has 0 aromatic carbocycles. The molecule has 112 valence electrons. The number of nitrogens with zero attached hydrogens (tertiary/aromatic N) is 3. The van der Waals surface area contributed by atoms with Crippen molar-refractivity contribution >= 4 is 11.6 Å². The summed E-state index contributed by atoms with van der Waals surface area (Å²) >= 11 is 0. The molecule has 1 aliphatic rings. The molecule has 1 aromatic heterocycles. The van der Waals surface area contributed by atoms with E-state index in [4.69, 9.17) is 0 Å². The van der Waals surface area contributed by atoms with Gasteiger partial charge >= 0.3 is 0 Å². The van der Waals surface area contributed by atoms with E-state index >= 15 is 0 Å². The van der Waals surface area contributed by atoms with Crippen LogP contribution in [0.4, 0.5) is 11.6 Å². The third-order valence-electron chi connectivity index (χ3n) is 3.84. The van der Waals surface area contributed by atoms with Crippen molar-refractivity contribution in [2.45, 2.75) is 33.1 Å². The van der Waals surface area contributed by atoms with Gasteiger partial charge in [-0.25, -0.2) is 9.97 Å². The van der Waals surface area contributed by atoms with Gasteiger partial charge in [-0.15, -0.1) is 0 Å². The maximum Gasteiger partial charge on any atom is 0.134 e. The normalized spacial score (nSPS) is 19.2. The molecular formula is C15H27N5. The predicted molar refractivity (Wildman–Crippen MR) is 84.3 cm³/mol. The number of hydrogen-bond donors (Lipinski definition) is 2. The average Bonchev–Trinajstić information content (AvgIpc) is 2.85. The van der Waals surface area contributed by atoms with Gasteiger partial charge in [-0.05, 0) is 39.3 Å². The van der Waals surface area contributed by atoms with E-state index in [0.29, 0.717) is 0 Å². The summed E-state index contributed by atoms with van der Waals surface area (Å²) in [5, 5.41) is 6.88. The topological polar surface area (TPSA) is 53.1 Å². The highest BCUT2D eigenvalue weighted by atomic mass is 15.1. The zero-order valence-electron chi connectivity index (χ0n) is 12.9. The molecule has 0 saturated carbocycles. The molecule has 2 rings (SSSR count). The lowest BCUT2D eigenvalue weighted by Crippen LogP contribution is -2.20. The number of hydrogen-bond acceptors (Lipinski definition) is 5. The molecule has 1 aliphatic heterocycles. The second-order valence-corrected chi connectivity index (χ2v) is 5.63. The summed E-state index contributed by atoms with van der Waals surface area (Å²) in [4.78, 5) is 11.2. The standard InChI is InChI=1S/C15H27N5/c1-4-6-13-14(16-5-2)18-11-19-15(13)17-9-12-7-8-20(3)10-12/h11-12H,4-10H2,1-3H3,(H2,16,17,18,19). The Bertz CT molecular complexity index is 421. The summed E-state index contributed by atoms with van der Waals surface area (Å²) in [5.74, 6) is 2.72. The van der Waals surface area contributed by atoms with E-state index in [-0.39, 0.29) is 0 Å². The van der Waals surface area contributed by atoms with Crippen LogP contribution in [0.25, 0.3) is 0 Å². The second kappa shape index (κ2) is 7.43. The van der Waals surface area contributed by atoms with E-state index in [1.54, 1.807) is 6.33 Å². The molecule has 1 atom stereocenters. The molecule has 0 bridgehead atoms. The summed E-state index contributed by atoms with van der Waals surface area (Å²) in [6.07, 6.45) is 5.04. The Morgan fingerprint density at radius 1 is 1.25 bits per heavy atom. The van der Waals surface area contributed by atoms with E-state index < -0.39 is 0 Å². The first-order chi connectivity index (χ1) is 9.74. The third-order valence-corrected chi connectivity index (χ3v) is 3.84. The fourth-order valence-electron chi connectivity index (χ4n) is 2.81. The summed E-state index contributed by atoms with van der Waals surface area (Å²) in [6.45, 7) is 8.57. The Hall–Kier alpha value is -1.36. The highest BCUT2D eigenvalue weighted by molar-refractivity contribution is 5.57. The van der Waals surface area contributed by atoms with Gasteiger partial charge in [0.15, 0.2) is 0 Å². The maximum atomic E-state index is 4.44. The molecule has 20 heavy (non-hydrogen) atoms. The van der Waals surface area contributed by atoms with E-state index in [1.807, 2.05) is 0 Å². The monoisotopic (exact) mass is 277 g/mol. The molecule has 0 amide bonds. The van der Waals surface area contributed by atoms with Gasteiger partial charge in [0.1, 0.15) is 18.0 Å². The van der Waals surface area contributed by atoms with Crippen molar-refractivity contribution in [3.05, 3.63) is 11.9 Å². The molecule has 0 spiro atoms. The van der Waals surface area contributed by atoms with Gasteiger partial charge in [-0.2, -0.15) is 0 Å². The van der Waals surface area contributed by atoms with Crippen molar-refractivity contribution in [2.75, 3.05) is 43.9 Å². The van der Waals surface area contributed by atoms with Crippen molar-refractivity contribution in [1.29, 1.82) is 0 Å². The van der Waals surface area contributed by atoms with Crippen LogP contribution in [-0.4, -0.2) is 48.1 Å². The lowest BCUT2D eigenvalue weighted by molar-refractivity contribution is 0.399. The van der Waals surface area contributed by atoms with Gasteiger partial charge in [0.2, 0.25) is 0 Å². The zero-order chi connectivity index (χ0) is 14.4. The van der Waals surface area contributed by atoms with E-state index in [9.17, 15) is 0 Å². The summed E-state index contributed by atoms with van der Waals surface area (Å²) < 4.78 is 0. The molecule has 5 heteroatoms. The molecule has 1 fully saturated rings. The van der Waals surface area contributed by atoms with Crippen molar-refractivity contribution < 1.29 is 0 Å². The van der Waals surface area contributed by atoms with E-state index in [2.05, 4.69) is 46.4 Å². The largest absolute Gasteiger partial charge is 0.370 e. The molecule has 0 aliphatic carbocycles. The van der Waals surface area contributed by atoms with Gasteiger partial charge in [0, 0.05) is 25.2 Å². The fraction of sp³-hybridized carbons (Fsp3) is 0.733. The van der Waals surface area contributed by atoms with Crippen LogP contribution in [0, 0.1) is 5.92 Å². The summed E-state index contributed by atoms with van der Waals surface area (Å²) in [7, 11) is 2.19. The number of likely N-dealkylation sites (tertiary alicyclic amines) is 1. The van der Waals surface area contributed by atoms with Crippen LogP contribution in [0.15, 0.2) is 6.33 Å². The van der Waals surface area contributed by atoms with Crippen molar-refractivity contribution in [1.82, 2.24) is 14.9 Å². The van der Waals surface area contributed by atoms with Gasteiger partial charge in [-0.3, -0.25) is 0 Å². The smallest absolute Gasteiger partial charge is 0.134 e. The van der Waals surface area contributed by atoms with Crippen molar-refractivity contribution in [3.63, 3.8) is 0 Å². The van der Waals surface area contributed by atoms with Crippen LogP contribution in [0.2, 0.25) is 0 Å². The molecular weight excluding hydrogens is 250 g/mol. The minimum atomic E-state index is 0.729. The quantitative estimate of drug-likeness (QED) is 0.800. The van der Waals surface area contributed by atoms with Gasteiger partial charge < -0.3 is 15.5 Å². The number of rotatable bonds is 7. The van der Waals surface area contributed by atoms with Crippen LogP contribution >= 0.6 is 0 Å². The fourth-order valence-corrected chi connectivity index (χ4v) is 2.81. The average molecular weight is 277 g/mol. The second-order valence-electron chi connectivity index (χ2n) is 5.63. The summed E-state index contributed by atoms with van der Waals surface area (Å²) in [6, 6.07) is 0. The Balaban J connectivity index is 2.03. The summed E-state index contributed by atoms with van der Waals surface area (Å²) in [5.41, 5.74) is 1.23. The molecule has 1 unspecified atom stereocenters. The Morgan fingerprint density at radius 3 is 2.60 bits per heavy atom. The zero-order valence-corrected chi connectivity index (χ0v) is 12.9. The number of nitrogens with one attached hydrogen (secondary N) is 2. The van der Waals surface area contributed by atoms with Crippen LogP contribution in [0.3, 0.4) is 0 Å². The molecule has 1 saturated heterocycles. The van der Waals surface area contributed by atoms with Crippen LogP contribution in [-0.2, 0) is 6.42 Å². The van der Waals surface area contributed by atoms with Gasteiger partial charge in [0.25, 0.3) is 0 Å². The van der Waals surface area contributed by atoms with Gasteiger partial charge in [-0.1, -0.05) is 13.3 Å². The maximum absolute atomic E-state index is 4.44. The van der Waals surface area contributed by atoms with Crippen LogP contribution in [0.1, 0.15) is 32.3 Å². The molecule has 1 aromatic rings. The third kappa shape index (κ3) is 3.82. The van der Waals surface area contributed by atoms with Crippen LogP contribution < -0.4 is 10.6 Å².